The Morgan fingerprint density at radius 3 is 2.41 bits per heavy atom. The number of ether oxygens (including phenoxy) is 1. The normalized spacial score (nSPS) is 11.2. The summed E-state index contributed by atoms with van der Waals surface area (Å²) in [6.45, 7) is 2.75. The molecule has 1 amide bonds. The number of nitrogens with one attached hydrogen (secondary N) is 2. The minimum atomic E-state index is -4.04. The Kier molecular flexibility index (Phi) is 10.0. The second-order valence-corrected chi connectivity index (χ2v) is 13.2. The summed E-state index contributed by atoms with van der Waals surface area (Å²) in [5, 5.41) is 23.2. The van der Waals surface area contributed by atoms with Crippen LogP contribution in [0.1, 0.15) is 43.1 Å². The standard InChI is InChI=1S/C35H32N2O7S2/c1-23-19-25(22-36-34(39)28-8-3-7-27(21-28)26-11-13-30(38)14-12-26)10-15-31(23)44-17-4-6-24-5-2-9-29(20-24)37-46(42,43)32-16-18-45-33(32)35(40)41/h2-3,5,7-16,18-21,37-38H,4,6,17,22H2,1H3,(H,36,39)(H,40,41). The van der Waals surface area contributed by atoms with Crippen molar-refractivity contribution in [3.8, 4) is 22.6 Å². The number of rotatable bonds is 13. The van der Waals surface area contributed by atoms with E-state index in [0.717, 1.165) is 44.9 Å². The van der Waals surface area contributed by atoms with Crippen molar-refractivity contribution in [3.05, 3.63) is 130 Å². The second-order valence-electron chi connectivity index (χ2n) is 10.6. The molecule has 1 heterocycles. The van der Waals surface area contributed by atoms with Gasteiger partial charge in [0.25, 0.3) is 15.9 Å². The predicted molar refractivity (Wildman–Crippen MR) is 178 cm³/mol. The van der Waals surface area contributed by atoms with Crippen LogP contribution in [0.3, 0.4) is 0 Å². The summed E-state index contributed by atoms with van der Waals surface area (Å²) < 4.78 is 34.0. The van der Waals surface area contributed by atoms with Gasteiger partial charge in [0.05, 0.1) is 6.61 Å². The maximum Gasteiger partial charge on any atom is 0.347 e. The fraction of sp³-hybridized carbons (Fsp3) is 0.143. The zero-order chi connectivity index (χ0) is 32.7. The van der Waals surface area contributed by atoms with Crippen LogP contribution < -0.4 is 14.8 Å². The lowest BCUT2D eigenvalue weighted by molar-refractivity contribution is 0.0698. The largest absolute Gasteiger partial charge is 0.508 e. The third kappa shape index (κ3) is 8.12. The third-order valence-corrected chi connectivity index (χ3v) is 9.63. The summed E-state index contributed by atoms with van der Waals surface area (Å²) in [6.07, 6.45) is 1.33. The van der Waals surface area contributed by atoms with Gasteiger partial charge in [-0.3, -0.25) is 9.52 Å². The molecule has 5 aromatic rings. The van der Waals surface area contributed by atoms with Gasteiger partial charge in [0.2, 0.25) is 0 Å². The van der Waals surface area contributed by atoms with Gasteiger partial charge in [-0.15, -0.1) is 11.3 Å². The molecule has 4 N–H and O–H groups in total. The molecule has 0 bridgehead atoms. The lowest BCUT2D eigenvalue weighted by Crippen LogP contribution is -2.22. The molecule has 5 rings (SSSR count). The molecule has 0 radical (unpaired) electrons. The molecule has 0 saturated heterocycles. The monoisotopic (exact) mass is 656 g/mol. The van der Waals surface area contributed by atoms with Gasteiger partial charge >= 0.3 is 5.97 Å². The van der Waals surface area contributed by atoms with E-state index in [1.807, 2.05) is 49.4 Å². The number of sulfonamides is 1. The first-order valence-corrected chi connectivity index (χ1v) is 16.8. The molecule has 0 aliphatic heterocycles. The fourth-order valence-electron chi connectivity index (χ4n) is 4.89. The highest BCUT2D eigenvalue weighted by molar-refractivity contribution is 7.93. The average Bonchev–Trinajstić information content (AvgIpc) is 3.55. The average molecular weight is 657 g/mol. The highest BCUT2D eigenvalue weighted by Crippen LogP contribution is 2.26. The number of phenolic OH excluding ortho intramolecular Hbond substituents is 1. The maximum atomic E-state index is 12.8. The number of amides is 1. The summed E-state index contributed by atoms with van der Waals surface area (Å²) in [6, 6.07) is 28.2. The number of aromatic hydroxyl groups is 1. The number of benzene rings is 4. The van der Waals surface area contributed by atoms with E-state index in [4.69, 9.17) is 4.74 Å². The number of carboxylic acid groups (broad SMARTS) is 1. The lowest BCUT2D eigenvalue weighted by atomic mass is 10.0. The van der Waals surface area contributed by atoms with Crippen LogP contribution in [0.2, 0.25) is 0 Å². The Balaban J connectivity index is 1.10. The van der Waals surface area contributed by atoms with Gasteiger partial charge < -0.3 is 20.3 Å². The van der Waals surface area contributed by atoms with Gasteiger partial charge in [-0.2, -0.15) is 0 Å². The van der Waals surface area contributed by atoms with E-state index in [2.05, 4.69) is 10.0 Å². The van der Waals surface area contributed by atoms with Gasteiger partial charge in [0, 0.05) is 17.8 Å². The van der Waals surface area contributed by atoms with Crippen molar-refractivity contribution in [1.82, 2.24) is 5.32 Å². The quantitative estimate of drug-likeness (QED) is 0.101. The Morgan fingerprint density at radius 2 is 1.65 bits per heavy atom. The summed E-state index contributed by atoms with van der Waals surface area (Å²) in [5.74, 6) is -0.549. The number of anilines is 1. The van der Waals surface area contributed by atoms with Crippen LogP contribution in [-0.4, -0.2) is 37.1 Å². The van der Waals surface area contributed by atoms with E-state index in [9.17, 15) is 28.2 Å². The summed E-state index contributed by atoms with van der Waals surface area (Å²) in [7, 11) is -4.04. The molecular weight excluding hydrogens is 625 g/mol. The van der Waals surface area contributed by atoms with E-state index in [1.165, 1.54) is 11.4 Å². The SMILES string of the molecule is Cc1cc(CNC(=O)c2cccc(-c3ccc(O)cc3)c2)ccc1OCCCc1cccc(NS(=O)(=O)c2ccsc2C(=O)O)c1. The van der Waals surface area contributed by atoms with E-state index in [0.29, 0.717) is 37.2 Å². The number of carboxylic acids is 1. The van der Waals surface area contributed by atoms with Crippen LogP contribution in [-0.2, 0) is 23.0 Å². The molecule has 0 aliphatic carbocycles. The number of aromatic carboxylic acids is 1. The number of carbonyl (C=O) groups is 2. The smallest absolute Gasteiger partial charge is 0.347 e. The van der Waals surface area contributed by atoms with Crippen molar-refractivity contribution < 1.29 is 33.0 Å². The van der Waals surface area contributed by atoms with Crippen molar-refractivity contribution >= 4 is 38.9 Å². The Morgan fingerprint density at radius 1 is 0.870 bits per heavy atom. The number of carbonyl (C=O) groups excluding carboxylic acids is 1. The first kappa shape index (κ1) is 32.3. The molecule has 0 unspecified atom stereocenters. The van der Waals surface area contributed by atoms with Crippen LogP contribution in [0.15, 0.2) is 107 Å². The molecule has 0 spiro atoms. The molecule has 4 aromatic carbocycles. The van der Waals surface area contributed by atoms with Crippen molar-refractivity contribution in [2.24, 2.45) is 0 Å². The van der Waals surface area contributed by atoms with Crippen molar-refractivity contribution in [3.63, 3.8) is 0 Å². The molecule has 236 valence electrons. The molecule has 0 fully saturated rings. The van der Waals surface area contributed by atoms with E-state index < -0.39 is 16.0 Å². The zero-order valence-electron chi connectivity index (χ0n) is 24.9. The number of aryl methyl sites for hydroxylation is 2. The van der Waals surface area contributed by atoms with Gasteiger partial charge in [-0.05, 0) is 101 Å². The molecule has 0 saturated carbocycles. The fourth-order valence-corrected chi connectivity index (χ4v) is 7.20. The number of hydrogen-bond acceptors (Lipinski definition) is 7. The number of phenols is 1. The zero-order valence-corrected chi connectivity index (χ0v) is 26.5. The van der Waals surface area contributed by atoms with Crippen molar-refractivity contribution in [2.75, 3.05) is 11.3 Å². The number of hydrogen-bond donors (Lipinski definition) is 4. The molecule has 0 aliphatic rings. The van der Waals surface area contributed by atoms with Gasteiger partial charge in [-0.1, -0.05) is 48.5 Å². The minimum absolute atomic E-state index is 0.186. The molecule has 0 atom stereocenters. The van der Waals surface area contributed by atoms with Crippen LogP contribution in [0.5, 0.6) is 11.5 Å². The Hall–Kier alpha value is -5.13. The van der Waals surface area contributed by atoms with E-state index >= 15 is 0 Å². The molecule has 46 heavy (non-hydrogen) atoms. The first-order valence-electron chi connectivity index (χ1n) is 14.4. The summed E-state index contributed by atoms with van der Waals surface area (Å²) in [4.78, 5) is 23.7. The van der Waals surface area contributed by atoms with Crippen molar-refractivity contribution in [1.29, 1.82) is 0 Å². The van der Waals surface area contributed by atoms with Gasteiger partial charge in [0.1, 0.15) is 21.3 Å². The highest BCUT2D eigenvalue weighted by Gasteiger charge is 2.24. The third-order valence-electron chi connectivity index (χ3n) is 7.18. The molecule has 1 aromatic heterocycles. The molecular formula is C35H32N2O7S2. The first-order chi connectivity index (χ1) is 22.1. The van der Waals surface area contributed by atoms with Crippen molar-refractivity contribution in [2.45, 2.75) is 31.2 Å². The summed E-state index contributed by atoms with van der Waals surface area (Å²) in [5.41, 5.74) is 5.46. The van der Waals surface area contributed by atoms with Crippen LogP contribution in [0, 0.1) is 6.92 Å². The highest BCUT2D eigenvalue weighted by atomic mass is 32.2. The lowest BCUT2D eigenvalue weighted by Gasteiger charge is -2.12. The predicted octanol–water partition coefficient (Wildman–Crippen LogP) is 6.87. The summed E-state index contributed by atoms with van der Waals surface area (Å²) >= 11 is 0.859. The van der Waals surface area contributed by atoms with Crippen LogP contribution in [0.25, 0.3) is 11.1 Å². The minimum Gasteiger partial charge on any atom is -0.508 e. The molecule has 11 heteroatoms. The van der Waals surface area contributed by atoms with Crippen LogP contribution in [0.4, 0.5) is 5.69 Å². The Labute approximate surface area is 271 Å². The van der Waals surface area contributed by atoms with Gasteiger partial charge in [0.15, 0.2) is 0 Å². The molecule has 9 nitrogen and oxygen atoms in total. The Bertz CT molecular complexity index is 1970. The van der Waals surface area contributed by atoms with Crippen LogP contribution >= 0.6 is 11.3 Å². The van der Waals surface area contributed by atoms with E-state index in [1.54, 1.807) is 48.5 Å². The maximum absolute atomic E-state index is 12.8. The topological polar surface area (TPSA) is 142 Å². The number of thiophene rings is 1. The second kappa shape index (κ2) is 14.3. The van der Waals surface area contributed by atoms with Gasteiger partial charge in [-0.25, -0.2) is 13.2 Å². The van der Waals surface area contributed by atoms with E-state index in [-0.39, 0.29) is 21.4 Å².